The molecule has 5 aliphatic rings. The summed E-state index contributed by atoms with van der Waals surface area (Å²) in [5.74, 6) is 1.72. The molecule has 152 valence electrons. The van der Waals surface area contributed by atoms with Crippen LogP contribution in [0.1, 0.15) is 65.7 Å². The minimum absolute atomic E-state index is 0.00882. The zero-order valence-corrected chi connectivity index (χ0v) is 17.5. The van der Waals surface area contributed by atoms with Crippen molar-refractivity contribution in [1.82, 2.24) is 0 Å². The Morgan fingerprint density at radius 1 is 1.07 bits per heavy atom. The predicted molar refractivity (Wildman–Crippen MR) is 105 cm³/mol. The minimum Gasteiger partial charge on any atom is -0.347 e. The molecule has 1 saturated heterocycles. The summed E-state index contributed by atoms with van der Waals surface area (Å²) >= 11 is 0. The second-order valence-corrected chi connectivity index (χ2v) is 10.7. The van der Waals surface area contributed by atoms with Crippen LogP contribution in [-0.4, -0.2) is 24.8 Å². The molecule has 0 bridgehead atoms. The lowest BCUT2D eigenvalue weighted by molar-refractivity contribution is -0.220. The Kier molecular flexibility index (Phi) is 4.14. The lowest BCUT2D eigenvalue weighted by Gasteiger charge is -2.58. The van der Waals surface area contributed by atoms with Crippen LogP contribution in [0.5, 0.6) is 0 Å². The molecule has 7 atom stereocenters. The summed E-state index contributed by atoms with van der Waals surface area (Å²) in [7, 11) is 0. The van der Waals surface area contributed by atoms with E-state index in [2.05, 4.69) is 26.8 Å². The fraction of sp³-hybridized carbons (Fsp3) is 0.833. The van der Waals surface area contributed by atoms with Crippen molar-refractivity contribution >= 4 is 5.78 Å². The summed E-state index contributed by atoms with van der Waals surface area (Å²) in [5, 5.41) is 10.0. The zero-order chi connectivity index (χ0) is 19.7. The SMILES string of the molecule is CC1([C@@H]2[C@H](C#N)C[C@@H]3[C@@H]4CCC5=CC(=O)CC[C@]5(C)[C@@H]4CC[C@]32C)OCCO1. The van der Waals surface area contributed by atoms with Crippen molar-refractivity contribution in [3.8, 4) is 6.07 Å². The molecule has 0 radical (unpaired) electrons. The van der Waals surface area contributed by atoms with Crippen LogP contribution < -0.4 is 0 Å². The topological polar surface area (TPSA) is 59.3 Å². The minimum atomic E-state index is -0.613. The maximum absolute atomic E-state index is 12.0. The molecule has 0 aromatic carbocycles. The molecule has 5 rings (SSSR count). The smallest absolute Gasteiger partial charge is 0.170 e. The van der Waals surface area contributed by atoms with Gasteiger partial charge < -0.3 is 9.47 Å². The van der Waals surface area contributed by atoms with Crippen molar-refractivity contribution < 1.29 is 14.3 Å². The summed E-state index contributed by atoms with van der Waals surface area (Å²) in [6.45, 7) is 8.19. The lowest BCUT2D eigenvalue weighted by Crippen LogP contribution is -2.53. The van der Waals surface area contributed by atoms with Gasteiger partial charge in [-0.3, -0.25) is 4.79 Å². The number of carbonyl (C=O) groups is 1. The van der Waals surface area contributed by atoms with Gasteiger partial charge in [0.1, 0.15) is 0 Å². The quantitative estimate of drug-likeness (QED) is 0.661. The van der Waals surface area contributed by atoms with Gasteiger partial charge in [0.2, 0.25) is 0 Å². The van der Waals surface area contributed by atoms with Crippen LogP contribution in [0.4, 0.5) is 0 Å². The molecule has 28 heavy (non-hydrogen) atoms. The molecule has 0 spiro atoms. The van der Waals surface area contributed by atoms with Gasteiger partial charge in [-0.1, -0.05) is 19.4 Å². The Morgan fingerprint density at radius 2 is 1.82 bits per heavy atom. The number of hydrogen-bond donors (Lipinski definition) is 0. The number of hydrogen-bond acceptors (Lipinski definition) is 4. The fourth-order valence-corrected chi connectivity index (χ4v) is 8.41. The average molecular weight is 384 g/mol. The normalized spacial score (nSPS) is 49.6. The van der Waals surface area contributed by atoms with E-state index in [4.69, 9.17) is 9.47 Å². The van der Waals surface area contributed by atoms with Gasteiger partial charge in [-0.05, 0) is 80.1 Å². The van der Waals surface area contributed by atoms with E-state index < -0.39 is 5.79 Å². The first kappa shape index (κ1) is 18.8. The van der Waals surface area contributed by atoms with E-state index >= 15 is 0 Å². The largest absolute Gasteiger partial charge is 0.347 e. The summed E-state index contributed by atoms with van der Waals surface area (Å²) in [6.07, 6.45) is 9.24. The third-order valence-corrected chi connectivity index (χ3v) is 9.61. The van der Waals surface area contributed by atoms with E-state index in [0.717, 1.165) is 25.7 Å². The molecule has 0 aromatic heterocycles. The highest BCUT2D eigenvalue weighted by molar-refractivity contribution is 5.91. The van der Waals surface area contributed by atoms with Crippen LogP contribution in [0.2, 0.25) is 0 Å². The number of nitriles is 1. The molecule has 4 aliphatic carbocycles. The predicted octanol–water partition coefficient (Wildman–Crippen LogP) is 4.65. The van der Waals surface area contributed by atoms with Gasteiger partial charge >= 0.3 is 0 Å². The Bertz CT molecular complexity index is 760. The molecule has 0 aromatic rings. The second kappa shape index (κ2) is 6.16. The first-order valence-electron chi connectivity index (χ1n) is 11.2. The van der Waals surface area contributed by atoms with Gasteiger partial charge in [-0.2, -0.15) is 5.26 Å². The van der Waals surface area contributed by atoms with Crippen molar-refractivity contribution in [2.45, 2.75) is 71.5 Å². The highest BCUT2D eigenvalue weighted by Crippen LogP contribution is 2.69. The van der Waals surface area contributed by atoms with E-state index in [1.165, 1.54) is 18.4 Å². The van der Waals surface area contributed by atoms with Crippen LogP contribution in [0.25, 0.3) is 0 Å². The van der Waals surface area contributed by atoms with E-state index in [1.807, 2.05) is 6.08 Å². The van der Waals surface area contributed by atoms with E-state index in [9.17, 15) is 10.1 Å². The van der Waals surface area contributed by atoms with Crippen molar-refractivity contribution in [2.75, 3.05) is 13.2 Å². The van der Waals surface area contributed by atoms with Gasteiger partial charge in [0.15, 0.2) is 11.6 Å². The molecule has 4 fully saturated rings. The average Bonchev–Trinajstić information content (AvgIpc) is 3.23. The van der Waals surface area contributed by atoms with Crippen LogP contribution in [-0.2, 0) is 14.3 Å². The maximum Gasteiger partial charge on any atom is 0.170 e. The van der Waals surface area contributed by atoms with Crippen molar-refractivity contribution in [3.05, 3.63) is 11.6 Å². The molecule has 1 heterocycles. The third kappa shape index (κ3) is 2.39. The van der Waals surface area contributed by atoms with Gasteiger partial charge in [-0.25, -0.2) is 0 Å². The van der Waals surface area contributed by atoms with E-state index in [-0.39, 0.29) is 22.7 Å². The summed E-state index contributed by atoms with van der Waals surface area (Å²) < 4.78 is 12.2. The maximum atomic E-state index is 12.0. The van der Waals surface area contributed by atoms with E-state index in [1.54, 1.807) is 0 Å². The van der Waals surface area contributed by atoms with Gasteiger partial charge in [0, 0.05) is 12.3 Å². The monoisotopic (exact) mass is 383 g/mol. The molecule has 4 heteroatoms. The molecular weight excluding hydrogens is 350 g/mol. The third-order valence-electron chi connectivity index (χ3n) is 9.61. The zero-order valence-electron chi connectivity index (χ0n) is 17.5. The molecule has 0 amide bonds. The molecule has 1 aliphatic heterocycles. The highest BCUT2D eigenvalue weighted by atomic mass is 16.7. The lowest BCUT2D eigenvalue weighted by atomic mass is 9.46. The Morgan fingerprint density at radius 3 is 2.54 bits per heavy atom. The Labute approximate surface area is 168 Å². The van der Waals surface area contributed by atoms with Gasteiger partial charge in [-0.15, -0.1) is 0 Å². The van der Waals surface area contributed by atoms with E-state index in [0.29, 0.717) is 43.2 Å². The number of allylic oxidation sites excluding steroid dienone is 1. The first-order valence-corrected chi connectivity index (χ1v) is 11.2. The molecule has 0 N–H and O–H groups in total. The molecule has 4 nitrogen and oxygen atoms in total. The standard InChI is InChI=1S/C24H33NO3/c1-22-8-6-17(26)13-16(22)4-5-18-19(22)7-9-23(2)20(18)12-15(14-25)21(23)24(3)27-10-11-28-24/h13,15,18-21H,4-12H2,1-3H3/t15-,18+,19+,20+,21+,22-,23+/m0/s1. The van der Waals surface area contributed by atoms with Crippen molar-refractivity contribution in [3.63, 3.8) is 0 Å². The Balaban J connectivity index is 1.50. The van der Waals surface area contributed by atoms with Gasteiger partial charge in [0.05, 0.1) is 25.2 Å². The second-order valence-electron chi connectivity index (χ2n) is 10.7. The number of rotatable bonds is 1. The fourth-order valence-electron chi connectivity index (χ4n) is 8.41. The van der Waals surface area contributed by atoms with Crippen molar-refractivity contribution in [1.29, 1.82) is 5.26 Å². The molecule has 3 saturated carbocycles. The first-order chi connectivity index (χ1) is 13.3. The summed E-state index contributed by atoms with van der Waals surface area (Å²) in [5.41, 5.74) is 1.69. The molecule has 0 unspecified atom stereocenters. The number of ether oxygens (including phenoxy) is 2. The number of nitrogens with zero attached hydrogens (tertiary/aromatic N) is 1. The van der Waals surface area contributed by atoms with Crippen LogP contribution >= 0.6 is 0 Å². The number of fused-ring (bicyclic) bond motifs is 5. The summed E-state index contributed by atoms with van der Waals surface area (Å²) in [6, 6.07) is 2.65. The van der Waals surface area contributed by atoms with Crippen LogP contribution in [0.3, 0.4) is 0 Å². The summed E-state index contributed by atoms with van der Waals surface area (Å²) in [4.78, 5) is 12.0. The van der Waals surface area contributed by atoms with Gasteiger partial charge in [0.25, 0.3) is 0 Å². The number of carbonyl (C=O) groups excluding carboxylic acids is 1. The molecular formula is C24H33NO3. The highest BCUT2D eigenvalue weighted by Gasteiger charge is 2.66. The van der Waals surface area contributed by atoms with Crippen molar-refractivity contribution in [2.24, 2.45) is 40.4 Å². The van der Waals surface area contributed by atoms with Crippen LogP contribution in [0, 0.1) is 51.8 Å². The Hall–Kier alpha value is -1.18. The van der Waals surface area contributed by atoms with Crippen LogP contribution in [0.15, 0.2) is 11.6 Å². The number of ketones is 1.